The van der Waals surface area contributed by atoms with Gasteiger partial charge in [-0.1, -0.05) is 34.6 Å². The number of rotatable bonds is 12. The summed E-state index contributed by atoms with van der Waals surface area (Å²) >= 11 is 0. The van der Waals surface area contributed by atoms with Crippen molar-refractivity contribution in [3.63, 3.8) is 0 Å². The van der Waals surface area contributed by atoms with E-state index < -0.39 is 64.6 Å². The standard InChI is InChI=1S/C22H29FN6O11P2/c1-27-18(25-38-11-14-2-4-15(5-3-14)16-10-28(9-7-23)26-24-16)6-8-29(22(27)32)21-20(31)19(30)17(40-21)12-39-42(36,37)13-41(33,34)35/h2-6,8,10,17,19-21,30-31H,7,9,11-13H2,1H3,(H,36,37)(H2,33,34,35)/b25-18-/t17-,19?,20?,21-/m1/s1. The van der Waals surface area contributed by atoms with Crippen LogP contribution in [0.5, 0.6) is 0 Å². The Labute approximate surface area is 236 Å². The smallest absolute Gasteiger partial charge is 0.340 e. The highest BCUT2D eigenvalue weighted by Gasteiger charge is 2.45. The van der Waals surface area contributed by atoms with Crippen molar-refractivity contribution in [2.75, 3.05) is 19.2 Å². The van der Waals surface area contributed by atoms with Crippen molar-refractivity contribution in [2.45, 2.75) is 37.7 Å². The van der Waals surface area contributed by atoms with Gasteiger partial charge in [-0.05, 0) is 5.56 Å². The molecule has 5 atom stereocenters. The Kier molecular flexibility index (Phi) is 9.92. The van der Waals surface area contributed by atoms with Gasteiger partial charge in [0.1, 0.15) is 37.3 Å². The second kappa shape index (κ2) is 13.1. The van der Waals surface area contributed by atoms with E-state index in [0.717, 1.165) is 20.3 Å². The lowest BCUT2D eigenvalue weighted by atomic mass is 10.1. The van der Waals surface area contributed by atoms with Gasteiger partial charge in [0.05, 0.1) is 19.3 Å². The summed E-state index contributed by atoms with van der Waals surface area (Å²) in [7, 11) is -8.22. The van der Waals surface area contributed by atoms with Crippen molar-refractivity contribution in [1.82, 2.24) is 24.1 Å². The first-order chi connectivity index (χ1) is 19.8. The molecule has 0 saturated carbocycles. The van der Waals surface area contributed by atoms with Crippen molar-refractivity contribution in [3.05, 3.63) is 64.3 Å². The van der Waals surface area contributed by atoms with Gasteiger partial charge < -0.3 is 39.0 Å². The molecule has 0 spiro atoms. The zero-order valence-electron chi connectivity index (χ0n) is 22.0. The number of ether oxygens (including phenoxy) is 1. The highest BCUT2D eigenvalue weighted by atomic mass is 31.2. The maximum atomic E-state index is 13.0. The fourth-order valence-corrected chi connectivity index (χ4v) is 6.58. The molecule has 42 heavy (non-hydrogen) atoms. The molecule has 17 nitrogen and oxygen atoms in total. The van der Waals surface area contributed by atoms with Crippen LogP contribution in [0.15, 0.2) is 52.7 Å². The van der Waals surface area contributed by atoms with Gasteiger partial charge in [-0.15, -0.1) is 5.10 Å². The van der Waals surface area contributed by atoms with Crippen LogP contribution in [0, 0.1) is 0 Å². The molecule has 4 rings (SSSR count). The Morgan fingerprint density at radius 3 is 2.50 bits per heavy atom. The van der Waals surface area contributed by atoms with E-state index in [4.69, 9.17) is 19.4 Å². The lowest BCUT2D eigenvalue weighted by Crippen LogP contribution is -2.42. The molecule has 5 N–H and O–H groups in total. The van der Waals surface area contributed by atoms with E-state index in [0.29, 0.717) is 5.69 Å². The average Bonchev–Trinajstić information content (AvgIpc) is 3.49. The van der Waals surface area contributed by atoms with Crippen LogP contribution in [-0.2, 0) is 43.4 Å². The lowest BCUT2D eigenvalue weighted by Gasteiger charge is -2.19. The maximum absolute atomic E-state index is 13.0. The Balaban J connectivity index is 1.39. The largest absolute Gasteiger partial charge is 0.389 e. The van der Waals surface area contributed by atoms with Gasteiger partial charge in [-0.25, -0.2) is 13.9 Å². The molecule has 230 valence electrons. The summed E-state index contributed by atoms with van der Waals surface area (Å²) in [5.41, 5.74) is 1.52. The summed E-state index contributed by atoms with van der Waals surface area (Å²) in [6, 6.07) is 8.53. The molecule has 1 fully saturated rings. The van der Waals surface area contributed by atoms with Crippen molar-refractivity contribution in [3.8, 4) is 11.3 Å². The minimum Gasteiger partial charge on any atom is -0.389 e. The molecule has 3 aromatic rings. The summed E-state index contributed by atoms with van der Waals surface area (Å²) in [5.74, 6) is -1.44. The van der Waals surface area contributed by atoms with Crippen molar-refractivity contribution >= 4 is 15.2 Å². The first kappa shape index (κ1) is 31.9. The predicted octanol–water partition coefficient (Wildman–Crippen LogP) is -0.596. The highest BCUT2D eigenvalue weighted by Crippen LogP contribution is 2.55. The molecule has 1 aromatic carbocycles. The Morgan fingerprint density at radius 1 is 1.12 bits per heavy atom. The second-order valence-corrected chi connectivity index (χ2v) is 13.3. The summed E-state index contributed by atoms with van der Waals surface area (Å²) in [6.07, 6.45) is -3.23. The second-order valence-electron chi connectivity index (χ2n) is 9.33. The van der Waals surface area contributed by atoms with Gasteiger partial charge in [-0.3, -0.25) is 18.3 Å². The van der Waals surface area contributed by atoms with Gasteiger partial charge in [0, 0.05) is 24.9 Å². The molecule has 0 bridgehead atoms. The molecule has 0 aliphatic carbocycles. The number of aromatic nitrogens is 5. The number of benzene rings is 1. The van der Waals surface area contributed by atoms with Crippen molar-refractivity contribution in [1.29, 1.82) is 0 Å². The van der Waals surface area contributed by atoms with Gasteiger partial charge in [-0.2, -0.15) is 0 Å². The summed E-state index contributed by atoms with van der Waals surface area (Å²) in [4.78, 5) is 45.7. The van der Waals surface area contributed by atoms with Crippen molar-refractivity contribution in [2.24, 2.45) is 12.2 Å². The molecule has 0 radical (unpaired) electrons. The van der Waals surface area contributed by atoms with Crippen LogP contribution in [0.1, 0.15) is 11.8 Å². The fraction of sp³-hybridized carbons (Fsp3) is 0.455. The van der Waals surface area contributed by atoms with Crippen LogP contribution >= 0.6 is 15.2 Å². The maximum Gasteiger partial charge on any atom is 0.340 e. The minimum absolute atomic E-state index is 0.0625. The average molecular weight is 634 g/mol. The normalized spacial score (nSPS) is 22.8. The first-order valence-electron chi connectivity index (χ1n) is 12.3. The van der Waals surface area contributed by atoms with Gasteiger partial charge in [0.15, 0.2) is 17.6 Å². The van der Waals surface area contributed by atoms with Crippen LogP contribution in [0.2, 0.25) is 0 Å². The molecule has 3 heterocycles. The number of nitrogens with zero attached hydrogens (tertiary/aromatic N) is 6. The fourth-order valence-electron chi connectivity index (χ4n) is 4.01. The third kappa shape index (κ3) is 7.86. The number of aryl methyl sites for hydroxylation is 1. The number of alkyl halides is 1. The third-order valence-corrected chi connectivity index (χ3v) is 9.60. The van der Waals surface area contributed by atoms with Gasteiger partial charge >= 0.3 is 20.9 Å². The lowest BCUT2D eigenvalue weighted by molar-refractivity contribution is -0.0530. The van der Waals surface area contributed by atoms with Crippen molar-refractivity contribution < 1.29 is 52.5 Å². The minimum atomic E-state index is -4.87. The zero-order chi connectivity index (χ0) is 30.7. The summed E-state index contributed by atoms with van der Waals surface area (Å²) < 4.78 is 49.0. The van der Waals surface area contributed by atoms with E-state index in [1.807, 2.05) is 0 Å². The quantitative estimate of drug-likeness (QED) is 0.124. The van der Waals surface area contributed by atoms with Crippen LogP contribution < -0.4 is 11.2 Å². The van der Waals surface area contributed by atoms with E-state index >= 15 is 0 Å². The predicted molar refractivity (Wildman–Crippen MR) is 140 cm³/mol. The Bertz CT molecular complexity index is 1600. The van der Waals surface area contributed by atoms with Crippen LogP contribution in [-0.4, -0.2) is 86.5 Å². The number of halogens is 1. The van der Waals surface area contributed by atoms with Crippen LogP contribution in [0.25, 0.3) is 11.3 Å². The Morgan fingerprint density at radius 2 is 1.83 bits per heavy atom. The monoisotopic (exact) mass is 634 g/mol. The topological polar surface area (TPSA) is 233 Å². The van der Waals surface area contributed by atoms with E-state index in [9.17, 15) is 33.4 Å². The first-order valence-corrected chi connectivity index (χ1v) is 15.9. The highest BCUT2D eigenvalue weighted by molar-refractivity contribution is 7.70. The van der Waals surface area contributed by atoms with Gasteiger partial charge in [0.25, 0.3) is 0 Å². The van der Waals surface area contributed by atoms with E-state index in [2.05, 4.69) is 20.0 Å². The molecular weight excluding hydrogens is 605 g/mol. The molecule has 3 unspecified atom stereocenters. The number of aliphatic hydroxyl groups excluding tert-OH is 2. The molecule has 0 amide bonds. The summed E-state index contributed by atoms with van der Waals surface area (Å²) in [6.45, 7) is -1.15. The molecule has 2 aromatic heterocycles. The number of hydrogen-bond donors (Lipinski definition) is 5. The zero-order valence-corrected chi connectivity index (χ0v) is 23.8. The summed E-state index contributed by atoms with van der Waals surface area (Å²) in [5, 5.41) is 32.6. The van der Waals surface area contributed by atoms with Crippen LogP contribution in [0.4, 0.5) is 4.39 Å². The molecule has 1 aliphatic rings. The van der Waals surface area contributed by atoms with Crippen LogP contribution in [0.3, 0.4) is 0 Å². The van der Waals surface area contributed by atoms with E-state index in [1.54, 1.807) is 30.5 Å². The third-order valence-electron chi connectivity index (χ3n) is 6.14. The molecule has 1 aliphatic heterocycles. The van der Waals surface area contributed by atoms with E-state index in [1.165, 1.54) is 24.0 Å². The van der Waals surface area contributed by atoms with E-state index in [-0.39, 0.29) is 18.6 Å². The number of hydrogen-bond acceptors (Lipinski definition) is 11. The molecular formula is C22H29FN6O11P2. The Hall–Kier alpha value is -3.05. The SMILES string of the molecule is Cn1c(=O)n([C@@H]2O[C@H](COP(=O)(O)CP(=O)(O)O)C(O)C2O)cc/c1=N/OCc1ccc(-c2cn(CCF)nn2)cc1. The molecule has 1 saturated heterocycles. The van der Waals surface area contributed by atoms with Gasteiger partial charge in [0.2, 0.25) is 0 Å². The number of aliphatic hydroxyl groups is 2. The molecule has 20 heteroatoms.